The Morgan fingerprint density at radius 3 is 2.59 bits per heavy atom. The lowest BCUT2D eigenvalue weighted by atomic mass is 10.1. The number of carbonyl (C=O) groups is 2. The first-order chi connectivity index (χ1) is 12.9. The molecule has 1 aliphatic rings. The fourth-order valence-electron chi connectivity index (χ4n) is 2.91. The second-order valence-electron chi connectivity index (χ2n) is 5.85. The van der Waals surface area contributed by atoms with Crippen LogP contribution < -0.4 is 10.6 Å². The van der Waals surface area contributed by atoms with E-state index in [0.29, 0.717) is 27.2 Å². The number of hydrogen-bond acceptors (Lipinski definition) is 5. The molecule has 0 saturated carbocycles. The summed E-state index contributed by atoms with van der Waals surface area (Å²) >= 11 is 18.6. The molecule has 0 saturated heterocycles. The van der Waals surface area contributed by atoms with Crippen molar-refractivity contribution in [1.82, 2.24) is 5.32 Å². The van der Waals surface area contributed by atoms with E-state index in [1.54, 1.807) is 6.92 Å². The van der Waals surface area contributed by atoms with E-state index in [1.165, 1.54) is 29.5 Å². The topological polar surface area (TPSA) is 67.4 Å². The van der Waals surface area contributed by atoms with Crippen LogP contribution in [0.15, 0.2) is 18.2 Å². The van der Waals surface area contributed by atoms with E-state index in [9.17, 15) is 9.59 Å². The van der Waals surface area contributed by atoms with Crippen LogP contribution in [-0.4, -0.2) is 23.6 Å². The summed E-state index contributed by atoms with van der Waals surface area (Å²) in [6, 6.07) is 4.53. The molecule has 0 radical (unpaired) electrons. The largest absolute Gasteiger partial charge is 0.462 e. The number of esters is 1. The average molecular weight is 443 g/mol. The van der Waals surface area contributed by atoms with Crippen molar-refractivity contribution >= 4 is 68.7 Å². The summed E-state index contributed by atoms with van der Waals surface area (Å²) in [6.07, 6.45) is 2.78. The van der Waals surface area contributed by atoms with E-state index in [2.05, 4.69) is 10.6 Å². The SMILES string of the molecule is CCOC(=O)c1c(NC(=S)NC(=O)c2cc(Cl)cc(Cl)c2)sc2c1CCC2. The summed E-state index contributed by atoms with van der Waals surface area (Å²) < 4.78 is 5.18. The van der Waals surface area contributed by atoms with E-state index in [4.69, 9.17) is 40.2 Å². The summed E-state index contributed by atoms with van der Waals surface area (Å²) in [6.45, 7) is 2.05. The van der Waals surface area contributed by atoms with Crippen LogP contribution >= 0.6 is 46.8 Å². The molecule has 9 heteroatoms. The van der Waals surface area contributed by atoms with Crippen LogP contribution in [0.2, 0.25) is 10.0 Å². The van der Waals surface area contributed by atoms with Crippen molar-refractivity contribution < 1.29 is 14.3 Å². The van der Waals surface area contributed by atoms with Gasteiger partial charge in [-0.3, -0.25) is 10.1 Å². The zero-order valence-corrected chi connectivity index (χ0v) is 17.5. The van der Waals surface area contributed by atoms with E-state index in [0.717, 1.165) is 29.7 Å². The second-order valence-corrected chi connectivity index (χ2v) is 8.23. The minimum absolute atomic E-state index is 0.0848. The van der Waals surface area contributed by atoms with Crippen LogP contribution in [0.3, 0.4) is 0 Å². The monoisotopic (exact) mass is 442 g/mol. The maximum absolute atomic E-state index is 12.4. The molecule has 1 aliphatic carbocycles. The zero-order valence-electron chi connectivity index (χ0n) is 14.4. The number of hydrogen-bond donors (Lipinski definition) is 2. The number of anilines is 1. The molecule has 1 aromatic heterocycles. The Morgan fingerprint density at radius 1 is 1.22 bits per heavy atom. The number of ether oxygens (including phenoxy) is 1. The molecule has 0 aliphatic heterocycles. The maximum atomic E-state index is 12.4. The minimum atomic E-state index is -0.446. The van der Waals surface area contributed by atoms with Crippen molar-refractivity contribution in [2.45, 2.75) is 26.2 Å². The van der Waals surface area contributed by atoms with Crippen LogP contribution in [0.5, 0.6) is 0 Å². The van der Waals surface area contributed by atoms with Gasteiger partial charge < -0.3 is 10.1 Å². The van der Waals surface area contributed by atoms with Crippen molar-refractivity contribution in [2.24, 2.45) is 0 Å². The van der Waals surface area contributed by atoms with Gasteiger partial charge in [-0.15, -0.1) is 11.3 Å². The Bertz CT molecular complexity index is 907. The Kier molecular flexibility index (Phi) is 6.37. The number of rotatable bonds is 4. The lowest BCUT2D eigenvalue weighted by molar-refractivity contribution is 0.0527. The minimum Gasteiger partial charge on any atom is -0.462 e. The smallest absolute Gasteiger partial charge is 0.341 e. The number of amides is 1. The van der Waals surface area contributed by atoms with E-state index in [1.807, 2.05) is 0 Å². The molecule has 5 nitrogen and oxygen atoms in total. The lowest BCUT2D eigenvalue weighted by Crippen LogP contribution is -2.34. The third-order valence-corrected chi connectivity index (χ3v) is 5.83. The van der Waals surface area contributed by atoms with Gasteiger partial charge in [0.05, 0.1) is 12.2 Å². The van der Waals surface area contributed by atoms with Crippen LogP contribution in [0.1, 0.15) is 44.5 Å². The fourth-order valence-corrected chi connectivity index (χ4v) is 4.97. The van der Waals surface area contributed by atoms with Gasteiger partial charge in [0.2, 0.25) is 0 Å². The van der Waals surface area contributed by atoms with Crippen LogP contribution in [0.4, 0.5) is 5.00 Å². The molecule has 0 unspecified atom stereocenters. The van der Waals surface area contributed by atoms with Gasteiger partial charge in [0, 0.05) is 20.5 Å². The molecule has 142 valence electrons. The van der Waals surface area contributed by atoms with Crippen molar-refractivity contribution in [3.05, 3.63) is 49.8 Å². The van der Waals surface area contributed by atoms with Crippen molar-refractivity contribution in [2.75, 3.05) is 11.9 Å². The van der Waals surface area contributed by atoms with Crippen molar-refractivity contribution in [3.8, 4) is 0 Å². The Balaban J connectivity index is 1.76. The van der Waals surface area contributed by atoms with Crippen LogP contribution in [-0.2, 0) is 17.6 Å². The van der Waals surface area contributed by atoms with Crippen molar-refractivity contribution in [1.29, 1.82) is 0 Å². The first kappa shape index (κ1) is 20.1. The van der Waals surface area contributed by atoms with E-state index < -0.39 is 5.91 Å². The molecular weight excluding hydrogens is 427 g/mol. The van der Waals surface area contributed by atoms with Gasteiger partial charge in [-0.1, -0.05) is 23.2 Å². The second kappa shape index (κ2) is 8.56. The molecule has 1 aromatic carbocycles. The molecule has 3 rings (SSSR count). The van der Waals surface area contributed by atoms with Crippen LogP contribution in [0, 0.1) is 0 Å². The van der Waals surface area contributed by atoms with Gasteiger partial charge in [0.15, 0.2) is 5.11 Å². The Labute approximate surface area is 176 Å². The molecule has 1 amide bonds. The first-order valence-corrected chi connectivity index (χ1v) is 10.3. The number of carbonyl (C=O) groups excluding carboxylic acids is 2. The molecule has 2 N–H and O–H groups in total. The summed E-state index contributed by atoms with van der Waals surface area (Å²) in [5, 5.41) is 6.92. The number of nitrogens with one attached hydrogen (secondary N) is 2. The van der Waals surface area contributed by atoms with Gasteiger partial charge >= 0.3 is 5.97 Å². The van der Waals surface area contributed by atoms with Gasteiger partial charge in [0.1, 0.15) is 5.00 Å². The van der Waals surface area contributed by atoms with Gasteiger partial charge in [-0.05, 0) is 62.2 Å². The Hall–Kier alpha value is -1.67. The molecule has 2 aromatic rings. The maximum Gasteiger partial charge on any atom is 0.341 e. The third kappa shape index (κ3) is 4.60. The molecule has 0 atom stereocenters. The summed E-state index contributed by atoms with van der Waals surface area (Å²) in [5.41, 5.74) is 1.81. The van der Waals surface area contributed by atoms with Crippen LogP contribution in [0.25, 0.3) is 0 Å². The molecule has 0 spiro atoms. The fraction of sp³-hybridized carbons (Fsp3) is 0.278. The number of halogens is 2. The Morgan fingerprint density at radius 2 is 1.93 bits per heavy atom. The third-order valence-electron chi connectivity index (χ3n) is 3.98. The number of benzene rings is 1. The predicted octanol–water partition coefficient (Wildman–Crippen LogP) is 4.85. The summed E-state index contributed by atoms with van der Waals surface area (Å²) in [7, 11) is 0. The van der Waals surface area contributed by atoms with E-state index in [-0.39, 0.29) is 16.6 Å². The highest BCUT2D eigenvalue weighted by atomic mass is 35.5. The number of thiocarbonyl (C=S) groups is 1. The van der Waals surface area contributed by atoms with Gasteiger partial charge in [-0.2, -0.15) is 0 Å². The van der Waals surface area contributed by atoms with Gasteiger partial charge in [-0.25, -0.2) is 4.79 Å². The highest BCUT2D eigenvalue weighted by Gasteiger charge is 2.28. The standard InChI is InChI=1S/C18H16Cl2N2O3S2/c1-2-25-17(24)14-12-4-3-5-13(12)27-16(14)22-18(26)21-15(23)9-6-10(19)8-11(20)7-9/h6-8H,2-5H2,1H3,(H2,21,22,23,26). The van der Waals surface area contributed by atoms with Gasteiger partial charge in [0.25, 0.3) is 5.91 Å². The normalized spacial score (nSPS) is 12.4. The predicted molar refractivity (Wildman–Crippen MR) is 112 cm³/mol. The summed E-state index contributed by atoms with van der Waals surface area (Å²) in [5.74, 6) is -0.825. The molecule has 0 bridgehead atoms. The highest BCUT2D eigenvalue weighted by Crippen LogP contribution is 2.39. The quantitative estimate of drug-likeness (QED) is 0.523. The number of thiophene rings is 1. The molecule has 1 heterocycles. The summed E-state index contributed by atoms with van der Waals surface area (Å²) in [4.78, 5) is 25.9. The zero-order chi connectivity index (χ0) is 19.6. The molecule has 0 fully saturated rings. The average Bonchev–Trinajstić information content (AvgIpc) is 3.14. The molecular formula is C18H16Cl2N2O3S2. The lowest BCUT2D eigenvalue weighted by Gasteiger charge is -2.11. The number of fused-ring (bicyclic) bond motifs is 1. The first-order valence-electron chi connectivity index (χ1n) is 8.29. The molecule has 27 heavy (non-hydrogen) atoms. The number of aryl methyl sites for hydroxylation is 1. The van der Waals surface area contributed by atoms with E-state index >= 15 is 0 Å². The highest BCUT2D eigenvalue weighted by molar-refractivity contribution is 7.80. The van der Waals surface area contributed by atoms with Crippen molar-refractivity contribution in [3.63, 3.8) is 0 Å².